The molecule has 1 fully saturated rings. The minimum absolute atomic E-state index is 0.121. The summed E-state index contributed by atoms with van der Waals surface area (Å²) in [5, 5.41) is 15.3. The Labute approximate surface area is 156 Å². The molecule has 0 spiro atoms. The average Bonchev–Trinajstić information content (AvgIpc) is 3.17. The quantitative estimate of drug-likeness (QED) is 0.757. The summed E-state index contributed by atoms with van der Waals surface area (Å²) in [4.78, 5) is 16.6. The van der Waals surface area contributed by atoms with Gasteiger partial charge in [-0.3, -0.25) is 0 Å². The van der Waals surface area contributed by atoms with Crippen LogP contribution in [0.1, 0.15) is 6.92 Å². The Morgan fingerprint density at radius 2 is 1.96 bits per heavy atom. The van der Waals surface area contributed by atoms with E-state index >= 15 is 0 Å². The van der Waals surface area contributed by atoms with Crippen LogP contribution >= 0.6 is 0 Å². The standard InChI is InChI=1S/C18H21N7O2/c1-2-27-15-6-4-3-5-14(15)20-18(26)24-11-9-23(10-12-24)17-8-7-16-21-19-13-25(16)22-17/h3-8,13H,2,9-12H2,1H3,(H,20,26). The first kappa shape index (κ1) is 17.1. The number of nitrogens with one attached hydrogen (secondary N) is 1. The molecule has 0 unspecified atom stereocenters. The molecule has 3 heterocycles. The van der Waals surface area contributed by atoms with E-state index in [-0.39, 0.29) is 6.03 Å². The number of ether oxygens (including phenoxy) is 1. The van der Waals surface area contributed by atoms with Gasteiger partial charge in [-0.1, -0.05) is 12.1 Å². The van der Waals surface area contributed by atoms with Crippen molar-refractivity contribution < 1.29 is 9.53 Å². The molecule has 0 bridgehead atoms. The Morgan fingerprint density at radius 1 is 1.15 bits per heavy atom. The summed E-state index contributed by atoms with van der Waals surface area (Å²) in [6.45, 7) is 5.12. The van der Waals surface area contributed by atoms with E-state index in [0.29, 0.717) is 49.9 Å². The van der Waals surface area contributed by atoms with Gasteiger partial charge in [0.15, 0.2) is 5.65 Å². The molecule has 4 rings (SSSR count). The van der Waals surface area contributed by atoms with Crippen LogP contribution in [0, 0.1) is 0 Å². The average molecular weight is 367 g/mol. The van der Waals surface area contributed by atoms with Crippen LogP contribution in [0.4, 0.5) is 16.3 Å². The number of benzene rings is 1. The predicted octanol–water partition coefficient (Wildman–Crippen LogP) is 1.88. The summed E-state index contributed by atoms with van der Waals surface area (Å²) in [5.74, 6) is 1.53. The second kappa shape index (κ2) is 7.48. The zero-order chi connectivity index (χ0) is 18.6. The van der Waals surface area contributed by atoms with Gasteiger partial charge in [0.25, 0.3) is 0 Å². The fourth-order valence-electron chi connectivity index (χ4n) is 3.07. The molecule has 0 radical (unpaired) electrons. The number of carbonyl (C=O) groups is 1. The molecule has 1 aromatic carbocycles. The molecule has 0 saturated carbocycles. The van der Waals surface area contributed by atoms with Crippen molar-refractivity contribution in [3.63, 3.8) is 0 Å². The first-order valence-corrected chi connectivity index (χ1v) is 8.94. The lowest BCUT2D eigenvalue weighted by atomic mass is 10.3. The number of hydrogen-bond donors (Lipinski definition) is 1. The van der Waals surface area contributed by atoms with Crippen LogP contribution in [0.25, 0.3) is 5.65 Å². The van der Waals surface area contributed by atoms with Crippen LogP contribution in [0.2, 0.25) is 0 Å². The zero-order valence-electron chi connectivity index (χ0n) is 15.1. The first-order chi connectivity index (χ1) is 13.2. The first-order valence-electron chi connectivity index (χ1n) is 8.94. The molecule has 1 aliphatic heterocycles. The van der Waals surface area contributed by atoms with Gasteiger partial charge in [-0.05, 0) is 31.2 Å². The summed E-state index contributed by atoms with van der Waals surface area (Å²) in [7, 11) is 0. The number of carbonyl (C=O) groups excluding carboxylic acids is 1. The van der Waals surface area contributed by atoms with Gasteiger partial charge in [0.1, 0.15) is 17.9 Å². The molecule has 3 aromatic rings. The summed E-state index contributed by atoms with van der Waals surface area (Å²) in [6, 6.07) is 11.2. The van der Waals surface area contributed by atoms with E-state index in [9.17, 15) is 4.79 Å². The highest BCUT2D eigenvalue weighted by molar-refractivity contribution is 5.91. The number of fused-ring (bicyclic) bond motifs is 1. The number of para-hydroxylation sites is 2. The molecule has 1 N–H and O–H groups in total. The van der Waals surface area contributed by atoms with Crippen LogP contribution in [0.5, 0.6) is 5.75 Å². The number of amides is 2. The van der Waals surface area contributed by atoms with Gasteiger partial charge in [0, 0.05) is 26.2 Å². The Hall–Kier alpha value is -3.36. The van der Waals surface area contributed by atoms with E-state index in [1.54, 1.807) is 15.7 Å². The van der Waals surface area contributed by atoms with Crippen molar-refractivity contribution in [3.05, 3.63) is 42.7 Å². The van der Waals surface area contributed by atoms with Crippen molar-refractivity contribution in [2.24, 2.45) is 0 Å². The molecule has 0 atom stereocenters. The maximum atomic E-state index is 12.6. The van der Waals surface area contributed by atoms with Gasteiger partial charge < -0.3 is 19.9 Å². The van der Waals surface area contributed by atoms with Crippen LogP contribution in [0.15, 0.2) is 42.7 Å². The minimum atomic E-state index is -0.121. The van der Waals surface area contributed by atoms with Crippen LogP contribution in [0.3, 0.4) is 0 Å². The highest BCUT2D eigenvalue weighted by Crippen LogP contribution is 2.24. The van der Waals surface area contributed by atoms with Crippen molar-refractivity contribution in [1.82, 2.24) is 24.7 Å². The van der Waals surface area contributed by atoms with Crippen molar-refractivity contribution >= 4 is 23.2 Å². The molecule has 2 aromatic heterocycles. The largest absolute Gasteiger partial charge is 0.492 e. The second-order valence-electron chi connectivity index (χ2n) is 6.16. The smallest absolute Gasteiger partial charge is 0.322 e. The number of anilines is 2. The Morgan fingerprint density at radius 3 is 2.78 bits per heavy atom. The molecule has 1 aliphatic rings. The van der Waals surface area contributed by atoms with Gasteiger partial charge in [-0.15, -0.1) is 15.3 Å². The normalized spacial score (nSPS) is 14.4. The maximum absolute atomic E-state index is 12.6. The van der Waals surface area contributed by atoms with Gasteiger partial charge in [-0.2, -0.15) is 4.52 Å². The SMILES string of the molecule is CCOc1ccccc1NC(=O)N1CCN(c2ccc3nncn3n2)CC1. The topological polar surface area (TPSA) is 87.9 Å². The fraction of sp³-hybridized carbons (Fsp3) is 0.333. The molecule has 9 nitrogen and oxygen atoms in total. The molecule has 2 amide bonds. The molecule has 9 heteroatoms. The molecule has 27 heavy (non-hydrogen) atoms. The van der Waals surface area contributed by atoms with Crippen molar-refractivity contribution in [1.29, 1.82) is 0 Å². The highest BCUT2D eigenvalue weighted by atomic mass is 16.5. The van der Waals surface area contributed by atoms with Gasteiger partial charge in [0.2, 0.25) is 0 Å². The maximum Gasteiger partial charge on any atom is 0.322 e. The van der Waals surface area contributed by atoms with Crippen molar-refractivity contribution in [3.8, 4) is 5.75 Å². The lowest BCUT2D eigenvalue weighted by Gasteiger charge is -2.35. The van der Waals surface area contributed by atoms with Crippen molar-refractivity contribution in [2.75, 3.05) is 43.0 Å². The lowest BCUT2D eigenvalue weighted by Crippen LogP contribution is -2.50. The van der Waals surface area contributed by atoms with Gasteiger partial charge in [-0.25, -0.2) is 4.79 Å². The number of piperazine rings is 1. The Bertz CT molecular complexity index is 934. The van der Waals surface area contributed by atoms with Crippen LogP contribution < -0.4 is 15.0 Å². The summed E-state index contributed by atoms with van der Waals surface area (Å²) >= 11 is 0. The number of urea groups is 1. The van der Waals surface area contributed by atoms with E-state index in [1.807, 2.05) is 43.3 Å². The summed E-state index contributed by atoms with van der Waals surface area (Å²) < 4.78 is 7.22. The van der Waals surface area contributed by atoms with Crippen LogP contribution in [-0.2, 0) is 0 Å². The predicted molar refractivity (Wildman–Crippen MR) is 101 cm³/mol. The number of aromatic nitrogens is 4. The molecule has 1 saturated heterocycles. The van der Waals surface area contributed by atoms with Crippen molar-refractivity contribution in [2.45, 2.75) is 6.92 Å². The third kappa shape index (κ3) is 3.62. The van der Waals surface area contributed by atoms with Crippen LogP contribution in [-0.4, -0.2) is 63.5 Å². The molecular weight excluding hydrogens is 346 g/mol. The van der Waals surface area contributed by atoms with E-state index in [2.05, 4.69) is 25.5 Å². The zero-order valence-corrected chi connectivity index (χ0v) is 15.1. The molecule has 140 valence electrons. The molecular formula is C18H21N7O2. The third-order valence-corrected chi connectivity index (χ3v) is 4.47. The number of hydrogen-bond acceptors (Lipinski definition) is 6. The van der Waals surface area contributed by atoms with E-state index in [4.69, 9.17) is 4.74 Å². The lowest BCUT2D eigenvalue weighted by molar-refractivity contribution is 0.208. The second-order valence-corrected chi connectivity index (χ2v) is 6.16. The number of rotatable bonds is 4. The minimum Gasteiger partial charge on any atom is -0.492 e. The van der Waals surface area contributed by atoms with Gasteiger partial charge in [0.05, 0.1) is 12.3 Å². The van der Waals surface area contributed by atoms with Gasteiger partial charge >= 0.3 is 6.03 Å². The van der Waals surface area contributed by atoms with E-state index < -0.39 is 0 Å². The molecule has 0 aliphatic carbocycles. The Kier molecular flexibility index (Phi) is 4.73. The third-order valence-electron chi connectivity index (χ3n) is 4.47. The number of nitrogens with zero attached hydrogens (tertiary/aromatic N) is 6. The highest BCUT2D eigenvalue weighted by Gasteiger charge is 2.23. The Balaban J connectivity index is 1.38. The monoisotopic (exact) mass is 367 g/mol. The van der Waals surface area contributed by atoms with E-state index in [1.165, 1.54) is 0 Å². The summed E-state index contributed by atoms with van der Waals surface area (Å²) in [6.07, 6.45) is 1.58. The fourth-order valence-corrected chi connectivity index (χ4v) is 3.07. The van der Waals surface area contributed by atoms with E-state index in [0.717, 1.165) is 5.82 Å². The summed E-state index contributed by atoms with van der Waals surface area (Å²) in [5.41, 5.74) is 1.40.